The van der Waals surface area contributed by atoms with Crippen molar-refractivity contribution in [3.05, 3.63) is 68.5 Å². The molecule has 0 radical (unpaired) electrons. The molecule has 1 amide bonds. The van der Waals surface area contributed by atoms with Crippen molar-refractivity contribution >= 4 is 50.5 Å². The Labute approximate surface area is 171 Å². The van der Waals surface area contributed by atoms with E-state index < -0.39 is 15.9 Å². The Bertz CT molecular complexity index is 1080. The van der Waals surface area contributed by atoms with E-state index in [4.69, 9.17) is 23.2 Å². The number of carbonyl (C=O) groups excluding carboxylic acids is 1. The molecule has 140 valence electrons. The zero-order valence-electron chi connectivity index (χ0n) is 14.1. The van der Waals surface area contributed by atoms with Crippen molar-refractivity contribution in [3.63, 3.8) is 0 Å². The molecule has 1 heterocycles. The largest absolute Gasteiger partial charge is 0.274 e. The molecule has 0 saturated heterocycles. The summed E-state index contributed by atoms with van der Waals surface area (Å²) >= 11 is 13.0. The molecule has 0 aliphatic heterocycles. The van der Waals surface area contributed by atoms with Crippen molar-refractivity contribution in [3.8, 4) is 11.3 Å². The van der Waals surface area contributed by atoms with Crippen LogP contribution in [0.25, 0.3) is 11.3 Å². The summed E-state index contributed by atoms with van der Waals surface area (Å²) in [6.07, 6.45) is -0.101. The number of nitrogens with one attached hydrogen (secondary N) is 1. The first-order valence-corrected chi connectivity index (χ1v) is 10.8. The molecule has 0 aliphatic carbocycles. The SMILES string of the molecule is Cc1nc(-c2ccc(Cl)cc2)c(CC(=O)NS(=O)(=O)c2ccc(Cl)cc2)s1. The van der Waals surface area contributed by atoms with Crippen molar-refractivity contribution in [1.29, 1.82) is 0 Å². The van der Waals surface area contributed by atoms with Gasteiger partial charge in [-0.25, -0.2) is 18.1 Å². The van der Waals surface area contributed by atoms with Gasteiger partial charge in [0, 0.05) is 20.5 Å². The Hall–Kier alpha value is -1.93. The zero-order chi connectivity index (χ0) is 19.6. The number of benzene rings is 2. The normalized spacial score (nSPS) is 11.4. The standard InChI is InChI=1S/C18H14Cl2N2O3S2/c1-11-21-18(12-2-4-13(19)5-3-12)16(26-11)10-17(23)22-27(24,25)15-8-6-14(20)7-9-15/h2-9H,10H2,1H3,(H,22,23). The highest BCUT2D eigenvalue weighted by atomic mass is 35.5. The zero-order valence-corrected chi connectivity index (χ0v) is 17.2. The predicted molar refractivity (Wildman–Crippen MR) is 108 cm³/mol. The maximum Gasteiger partial charge on any atom is 0.264 e. The summed E-state index contributed by atoms with van der Waals surface area (Å²) < 4.78 is 26.8. The first-order valence-electron chi connectivity index (χ1n) is 7.78. The molecule has 0 saturated carbocycles. The molecule has 0 atom stereocenters. The molecule has 0 fully saturated rings. The smallest absolute Gasteiger partial charge is 0.264 e. The number of aromatic nitrogens is 1. The minimum absolute atomic E-state index is 0.0290. The fraction of sp³-hybridized carbons (Fsp3) is 0.111. The average molecular weight is 441 g/mol. The van der Waals surface area contributed by atoms with Crippen molar-refractivity contribution in [2.45, 2.75) is 18.2 Å². The van der Waals surface area contributed by atoms with E-state index in [1.165, 1.54) is 35.6 Å². The second kappa shape index (κ2) is 7.98. The van der Waals surface area contributed by atoms with Gasteiger partial charge in [0.1, 0.15) is 0 Å². The molecule has 3 rings (SSSR count). The monoisotopic (exact) mass is 440 g/mol. The van der Waals surface area contributed by atoms with E-state index in [9.17, 15) is 13.2 Å². The van der Waals surface area contributed by atoms with Gasteiger partial charge in [-0.3, -0.25) is 4.79 Å². The Morgan fingerprint density at radius 1 is 1.04 bits per heavy atom. The van der Waals surface area contributed by atoms with Crippen molar-refractivity contribution in [2.75, 3.05) is 0 Å². The van der Waals surface area contributed by atoms with Crippen LogP contribution in [0.5, 0.6) is 0 Å². The van der Waals surface area contributed by atoms with Crippen LogP contribution in [0, 0.1) is 6.92 Å². The molecule has 2 aromatic carbocycles. The van der Waals surface area contributed by atoms with E-state index in [0.717, 1.165) is 10.6 Å². The van der Waals surface area contributed by atoms with Crippen molar-refractivity contribution < 1.29 is 13.2 Å². The molecule has 0 unspecified atom stereocenters. The van der Waals surface area contributed by atoms with Crippen LogP contribution in [0.2, 0.25) is 10.0 Å². The van der Waals surface area contributed by atoms with E-state index >= 15 is 0 Å². The summed E-state index contributed by atoms with van der Waals surface area (Å²) in [5, 5.41) is 1.79. The number of hydrogen-bond donors (Lipinski definition) is 1. The molecule has 0 spiro atoms. The van der Waals surface area contributed by atoms with Crippen LogP contribution < -0.4 is 4.72 Å². The first-order chi connectivity index (χ1) is 12.7. The molecule has 0 aliphatic rings. The lowest BCUT2D eigenvalue weighted by atomic mass is 10.1. The Morgan fingerprint density at radius 3 is 2.19 bits per heavy atom. The minimum Gasteiger partial charge on any atom is -0.274 e. The van der Waals surface area contributed by atoms with Crippen molar-refractivity contribution in [1.82, 2.24) is 9.71 Å². The average Bonchev–Trinajstić information content (AvgIpc) is 2.95. The van der Waals surface area contributed by atoms with Crippen LogP contribution in [0.15, 0.2) is 53.4 Å². The predicted octanol–water partition coefficient (Wildman–Crippen LogP) is 4.47. The lowest BCUT2D eigenvalue weighted by molar-refractivity contribution is -0.118. The van der Waals surface area contributed by atoms with Crippen LogP contribution in [0.3, 0.4) is 0 Å². The van der Waals surface area contributed by atoms with Crippen LogP contribution in [-0.2, 0) is 21.2 Å². The molecule has 0 bridgehead atoms. The second-order valence-corrected chi connectivity index (χ2v) is 9.51. The summed E-state index contributed by atoms with van der Waals surface area (Å²) in [4.78, 5) is 17.5. The first kappa shape index (κ1) is 19.8. The van der Waals surface area contributed by atoms with E-state index in [1.807, 2.05) is 19.1 Å². The van der Waals surface area contributed by atoms with Gasteiger partial charge in [-0.15, -0.1) is 11.3 Å². The third-order valence-electron chi connectivity index (χ3n) is 3.62. The number of sulfonamides is 1. The summed E-state index contributed by atoms with van der Waals surface area (Å²) in [6.45, 7) is 1.83. The van der Waals surface area contributed by atoms with Crippen LogP contribution >= 0.6 is 34.5 Å². The number of hydrogen-bond acceptors (Lipinski definition) is 5. The molecular weight excluding hydrogens is 427 g/mol. The molecule has 1 aromatic heterocycles. The van der Waals surface area contributed by atoms with Crippen LogP contribution in [0.4, 0.5) is 0 Å². The molecule has 1 N–H and O–H groups in total. The third kappa shape index (κ3) is 4.87. The summed E-state index contributed by atoms with van der Waals surface area (Å²) in [5.74, 6) is -0.635. The minimum atomic E-state index is -3.96. The van der Waals surface area contributed by atoms with Gasteiger partial charge in [-0.05, 0) is 43.3 Å². The molecule has 5 nitrogen and oxygen atoms in total. The van der Waals surface area contributed by atoms with Crippen LogP contribution in [0.1, 0.15) is 9.88 Å². The molecule has 3 aromatic rings. The van der Waals surface area contributed by atoms with Gasteiger partial charge in [0.2, 0.25) is 5.91 Å². The molecular formula is C18H14Cl2N2O3S2. The van der Waals surface area contributed by atoms with Gasteiger partial charge >= 0.3 is 0 Å². The number of carbonyl (C=O) groups is 1. The van der Waals surface area contributed by atoms with Gasteiger partial charge in [0.05, 0.1) is 22.0 Å². The summed E-state index contributed by atoms with van der Waals surface area (Å²) in [6, 6.07) is 12.7. The number of aryl methyl sites for hydroxylation is 1. The fourth-order valence-electron chi connectivity index (χ4n) is 2.43. The van der Waals surface area contributed by atoms with Crippen molar-refractivity contribution in [2.24, 2.45) is 0 Å². The highest BCUT2D eigenvalue weighted by Gasteiger charge is 2.20. The maximum absolute atomic E-state index is 12.4. The van der Waals surface area contributed by atoms with Gasteiger partial charge in [-0.2, -0.15) is 0 Å². The van der Waals surface area contributed by atoms with E-state index in [2.05, 4.69) is 9.71 Å². The van der Waals surface area contributed by atoms with E-state index in [0.29, 0.717) is 20.6 Å². The van der Waals surface area contributed by atoms with Crippen LogP contribution in [-0.4, -0.2) is 19.3 Å². The van der Waals surface area contributed by atoms with E-state index in [1.54, 1.807) is 12.1 Å². The number of thiazole rings is 1. The Morgan fingerprint density at radius 2 is 1.59 bits per heavy atom. The second-order valence-electron chi connectivity index (χ2n) is 5.67. The van der Waals surface area contributed by atoms with Gasteiger partial charge in [0.15, 0.2) is 0 Å². The maximum atomic E-state index is 12.4. The number of amides is 1. The van der Waals surface area contributed by atoms with Gasteiger partial charge in [0.25, 0.3) is 10.0 Å². The third-order valence-corrected chi connectivity index (χ3v) is 6.48. The molecule has 27 heavy (non-hydrogen) atoms. The van der Waals surface area contributed by atoms with E-state index in [-0.39, 0.29) is 11.3 Å². The number of nitrogens with zero attached hydrogens (tertiary/aromatic N) is 1. The summed E-state index contributed by atoms with van der Waals surface area (Å²) in [7, 11) is -3.96. The highest BCUT2D eigenvalue weighted by Crippen LogP contribution is 2.29. The topological polar surface area (TPSA) is 76.1 Å². The quantitative estimate of drug-likeness (QED) is 0.634. The van der Waals surface area contributed by atoms with Gasteiger partial charge in [-0.1, -0.05) is 35.3 Å². The fourth-order valence-corrected chi connectivity index (χ4v) is 4.62. The Kier molecular flexibility index (Phi) is 5.86. The van der Waals surface area contributed by atoms with Gasteiger partial charge < -0.3 is 0 Å². The summed E-state index contributed by atoms with van der Waals surface area (Å²) in [5.41, 5.74) is 1.46. The Balaban J connectivity index is 1.80. The number of rotatable bonds is 5. The highest BCUT2D eigenvalue weighted by molar-refractivity contribution is 7.90. The number of halogens is 2. The lowest BCUT2D eigenvalue weighted by Gasteiger charge is -2.07. The molecule has 9 heteroatoms. The lowest BCUT2D eigenvalue weighted by Crippen LogP contribution is -2.31.